The van der Waals surface area contributed by atoms with Crippen molar-refractivity contribution in [3.8, 4) is 5.75 Å². The molecule has 1 amide bonds. The molecule has 0 unspecified atom stereocenters. The number of hydrogen-bond donors (Lipinski definition) is 1. The number of rotatable bonds is 7. The van der Waals surface area contributed by atoms with Crippen LogP contribution in [0.15, 0.2) is 48.7 Å². The van der Waals surface area contributed by atoms with Crippen molar-refractivity contribution in [1.82, 2.24) is 9.71 Å². The van der Waals surface area contributed by atoms with E-state index in [4.69, 9.17) is 27.9 Å². The summed E-state index contributed by atoms with van der Waals surface area (Å²) in [5.74, 6) is 0.284. The van der Waals surface area contributed by atoms with Gasteiger partial charge >= 0.3 is 0 Å². The fourth-order valence-electron chi connectivity index (χ4n) is 3.79. The highest BCUT2D eigenvalue weighted by molar-refractivity contribution is 7.89. The first-order valence-electron chi connectivity index (χ1n) is 10.4. The maximum Gasteiger partial charge on any atom is 0.257 e. The van der Waals surface area contributed by atoms with Gasteiger partial charge in [-0.05, 0) is 73.2 Å². The Balaban J connectivity index is 1.68. The summed E-state index contributed by atoms with van der Waals surface area (Å²) in [6, 6.07) is 11.0. The summed E-state index contributed by atoms with van der Waals surface area (Å²) in [6.07, 6.45) is 7.14. The standard InChI is InChI=1S/C24H22Cl2N2O4S/c1-14(23-19(25)4-3-5-20(23)26)32-17-9-10-21-18(12-17)24(15-6-7-15)16(13-27-21)8-11-22(29)28-33(2,30)31/h3-5,8-15H,6-7H2,1-2H3,(H,28,29)/b11-8+/t14-/m0/s1. The van der Waals surface area contributed by atoms with E-state index in [1.807, 2.05) is 29.8 Å². The summed E-state index contributed by atoms with van der Waals surface area (Å²) in [5.41, 5.74) is 3.37. The Labute approximate surface area is 202 Å². The van der Waals surface area contributed by atoms with Crippen LogP contribution in [0.4, 0.5) is 0 Å². The molecule has 1 aliphatic carbocycles. The van der Waals surface area contributed by atoms with E-state index in [-0.39, 0.29) is 6.10 Å². The quantitative estimate of drug-likeness (QED) is 0.420. The third-order valence-corrected chi connectivity index (χ3v) is 6.55. The van der Waals surface area contributed by atoms with Crippen LogP contribution in [0.3, 0.4) is 0 Å². The molecule has 1 aromatic heterocycles. The Morgan fingerprint density at radius 2 is 1.91 bits per heavy atom. The number of benzene rings is 2. The number of carbonyl (C=O) groups excluding carboxylic acids is 1. The fraction of sp³-hybridized carbons (Fsp3) is 0.250. The second-order valence-electron chi connectivity index (χ2n) is 8.05. The molecule has 1 aliphatic rings. The summed E-state index contributed by atoms with van der Waals surface area (Å²) < 4.78 is 30.7. The van der Waals surface area contributed by atoms with Gasteiger partial charge in [-0.2, -0.15) is 0 Å². The molecule has 1 atom stereocenters. The molecule has 0 saturated heterocycles. The Hall–Kier alpha value is -2.61. The van der Waals surface area contributed by atoms with Crippen LogP contribution in [0.5, 0.6) is 5.75 Å². The summed E-state index contributed by atoms with van der Waals surface area (Å²) in [7, 11) is -3.62. The van der Waals surface area contributed by atoms with Gasteiger partial charge in [-0.15, -0.1) is 0 Å². The lowest BCUT2D eigenvalue weighted by molar-refractivity contribution is -0.114. The maximum atomic E-state index is 11.9. The fourth-order valence-corrected chi connectivity index (χ4v) is 4.92. The van der Waals surface area contributed by atoms with Crippen LogP contribution in [0, 0.1) is 0 Å². The highest BCUT2D eigenvalue weighted by Crippen LogP contribution is 2.45. The molecule has 1 heterocycles. The van der Waals surface area contributed by atoms with Crippen molar-refractivity contribution in [2.75, 3.05) is 6.26 Å². The van der Waals surface area contributed by atoms with Gasteiger partial charge < -0.3 is 4.74 Å². The number of hydrogen-bond acceptors (Lipinski definition) is 5. The number of nitrogens with one attached hydrogen (secondary N) is 1. The highest BCUT2D eigenvalue weighted by Gasteiger charge is 2.28. The monoisotopic (exact) mass is 504 g/mol. The molecule has 6 nitrogen and oxygen atoms in total. The van der Waals surface area contributed by atoms with Crippen LogP contribution in [-0.2, 0) is 14.8 Å². The van der Waals surface area contributed by atoms with Gasteiger partial charge in [0.1, 0.15) is 11.9 Å². The van der Waals surface area contributed by atoms with Gasteiger partial charge in [0.15, 0.2) is 0 Å². The predicted octanol–water partition coefficient (Wildman–Crippen LogP) is 5.65. The van der Waals surface area contributed by atoms with Gasteiger partial charge in [-0.25, -0.2) is 13.1 Å². The Morgan fingerprint density at radius 1 is 1.21 bits per heavy atom. The minimum Gasteiger partial charge on any atom is -0.486 e. The number of nitrogens with zero attached hydrogens (tertiary/aromatic N) is 1. The maximum absolute atomic E-state index is 11.9. The van der Waals surface area contributed by atoms with E-state index in [0.717, 1.165) is 46.7 Å². The van der Waals surface area contributed by atoms with Gasteiger partial charge in [0.2, 0.25) is 10.0 Å². The molecular weight excluding hydrogens is 483 g/mol. The van der Waals surface area contributed by atoms with E-state index >= 15 is 0 Å². The minimum absolute atomic E-state index is 0.346. The molecule has 1 N–H and O–H groups in total. The molecule has 1 saturated carbocycles. The van der Waals surface area contributed by atoms with Crippen molar-refractivity contribution < 1.29 is 17.9 Å². The number of sulfonamides is 1. The molecule has 4 rings (SSSR count). The van der Waals surface area contributed by atoms with Crippen LogP contribution in [-0.4, -0.2) is 25.6 Å². The molecule has 172 valence electrons. The zero-order valence-electron chi connectivity index (χ0n) is 18.0. The smallest absolute Gasteiger partial charge is 0.257 e. The average molecular weight is 505 g/mol. The van der Waals surface area contributed by atoms with Crippen molar-refractivity contribution in [1.29, 1.82) is 0 Å². The first kappa shape index (κ1) is 23.5. The minimum atomic E-state index is -3.62. The van der Waals surface area contributed by atoms with Crippen LogP contribution in [0.1, 0.15) is 48.5 Å². The first-order chi connectivity index (χ1) is 15.6. The largest absolute Gasteiger partial charge is 0.486 e. The second kappa shape index (κ2) is 9.33. The molecule has 2 aromatic carbocycles. The number of amides is 1. The van der Waals surface area contributed by atoms with Crippen molar-refractivity contribution in [3.63, 3.8) is 0 Å². The van der Waals surface area contributed by atoms with Gasteiger partial charge in [-0.1, -0.05) is 29.3 Å². The van der Waals surface area contributed by atoms with E-state index in [1.165, 1.54) is 6.08 Å². The van der Waals surface area contributed by atoms with E-state index in [2.05, 4.69) is 4.98 Å². The summed E-state index contributed by atoms with van der Waals surface area (Å²) in [5, 5.41) is 2.00. The van der Waals surface area contributed by atoms with Crippen LogP contribution in [0.2, 0.25) is 10.0 Å². The van der Waals surface area contributed by atoms with E-state index < -0.39 is 15.9 Å². The van der Waals surface area contributed by atoms with Crippen molar-refractivity contribution >= 4 is 56.1 Å². The number of carbonyl (C=O) groups is 1. The van der Waals surface area contributed by atoms with Gasteiger partial charge in [0.05, 0.1) is 11.8 Å². The molecule has 0 bridgehead atoms. The topological polar surface area (TPSA) is 85.4 Å². The number of halogens is 2. The lowest BCUT2D eigenvalue weighted by Crippen LogP contribution is -2.27. The summed E-state index contributed by atoms with van der Waals surface area (Å²) >= 11 is 12.7. The van der Waals surface area contributed by atoms with Crippen LogP contribution < -0.4 is 9.46 Å². The predicted molar refractivity (Wildman–Crippen MR) is 131 cm³/mol. The molecule has 0 spiro atoms. The number of aromatic nitrogens is 1. The second-order valence-corrected chi connectivity index (χ2v) is 10.6. The van der Waals surface area contributed by atoms with Crippen molar-refractivity contribution in [3.05, 3.63) is 75.4 Å². The number of ether oxygens (including phenoxy) is 1. The molecule has 0 radical (unpaired) electrons. The van der Waals surface area contributed by atoms with Crippen LogP contribution >= 0.6 is 23.2 Å². The third-order valence-electron chi connectivity index (χ3n) is 5.32. The molecular formula is C24H22Cl2N2O4S. The highest BCUT2D eigenvalue weighted by atomic mass is 35.5. The molecule has 9 heteroatoms. The van der Waals surface area contributed by atoms with E-state index in [1.54, 1.807) is 30.5 Å². The van der Waals surface area contributed by atoms with Crippen molar-refractivity contribution in [2.24, 2.45) is 0 Å². The van der Waals surface area contributed by atoms with E-state index in [0.29, 0.717) is 21.7 Å². The SMILES string of the molecule is C[C@H](Oc1ccc2ncc(/C=C/C(=O)NS(C)(=O)=O)c(C3CC3)c2c1)c1c(Cl)cccc1Cl. The third kappa shape index (κ3) is 5.66. The van der Waals surface area contributed by atoms with Gasteiger partial charge in [0, 0.05) is 33.3 Å². The molecule has 0 aliphatic heterocycles. The summed E-state index contributed by atoms with van der Waals surface area (Å²) in [6.45, 7) is 1.89. The lowest BCUT2D eigenvalue weighted by atomic mass is 9.99. The Kier molecular flexibility index (Phi) is 6.66. The zero-order valence-corrected chi connectivity index (χ0v) is 20.3. The molecule has 3 aromatic rings. The Bertz CT molecular complexity index is 1350. The zero-order chi connectivity index (χ0) is 23.8. The summed E-state index contributed by atoms with van der Waals surface area (Å²) in [4.78, 5) is 16.4. The van der Waals surface area contributed by atoms with Gasteiger partial charge in [-0.3, -0.25) is 9.78 Å². The van der Waals surface area contributed by atoms with Gasteiger partial charge in [0.25, 0.3) is 5.91 Å². The molecule has 33 heavy (non-hydrogen) atoms. The average Bonchev–Trinajstić information content (AvgIpc) is 3.55. The normalized spacial score (nSPS) is 15.0. The first-order valence-corrected chi connectivity index (χ1v) is 13.0. The Morgan fingerprint density at radius 3 is 2.55 bits per heavy atom. The van der Waals surface area contributed by atoms with Crippen LogP contribution in [0.25, 0.3) is 17.0 Å². The van der Waals surface area contributed by atoms with Crippen molar-refractivity contribution in [2.45, 2.75) is 31.8 Å². The lowest BCUT2D eigenvalue weighted by Gasteiger charge is -2.18. The van der Waals surface area contributed by atoms with E-state index in [9.17, 15) is 13.2 Å². The number of fused-ring (bicyclic) bond motifs is 1. The number of pyridine rings is 1. The molecule has 1 fully saturated rings.